The van der Waals surface area contributed by atoms with Crippen LogP contribution in [-0.2, 0) is 22.5 Å². The lowest BCUT2D eigenvalue weighted by Crippen LogP contribution is -2.49. The van der Waals surface area contributed by atoms with Crippen molar-refractivity contribution in [2.75, 3.05) is 13.2 Å². The number of carbonyl (C=O) groups is 1. The molecule has 0 unspecified atom stereocenters. The molecule has 5 rings (SSSR count). The molecule has 9 nitrogen and oxygen atoms in total. The van der Waals surface area contributed by atoms with Crippen molar-refractivity contribution in [3.05, 3.63) is 140 Å². The minimum absolute atomic E-state index is 0.0530. The first kappa shape index (κ1) is 29.8. The molecule has 43 heavy (non-hydrogen) atoms. The summed E-state index contributed by atoms with van der Waals surface area (Å²) < 4.78 is 13.1. The molecule has 0 saturated heterocycles. The minimum atomic E-state index is -1.44. The molecule has 0 bridgehead atoms. The van der Waals surface area contributed by atoms with Crippen LogP contribution in [0.5, 0.6) is 5.75 Å². The number of hydrogen-bond acceptors (Lipinski definition) is 6. The number of ether oxygens (including phenoxy) is 2. The Morgan fingerprint density at radius 2 is 1.74 bits per heavy atom. The van der Waals surface area contributed by atoms with Crippen LogP contribution in [0.15, 0.2) is 118 Å². The number of aliphatic imine (C=N–C) groups is 1. The molecule has 0 aliphatic carbocycles. The molecular formula is C33H30BrN5O4. The summed E-state index contributed by atoms with van der Waals surface area (Å²) >= 11 is 3.50. The highest BCUT2D eigenvalue weighted by molar-refractivity contribution is 9.10. The van der Waals surface area contributed by atoms with Crippen LogP contribution in [0, 0.1) is 0 Å². The summed E-state index contributed by atoms with van der Waals surface area (Å²) in [4.78, 5) is 22.4. The van der Waals surface area contributed by atoms with Gasteiger partial charge in [0.15, 0.2) is 11.6 Å². The number of benzene rings is 4. The molecule has 0 saturated carbocycles. The van der Waals surface area contributed by atoms with E-state index in [0.717, 1.165) is 15.6 Å². The van der Waals surface area contributed by atoms with E-state index in [0.29, 0.717) is 48.0 Å². The van der Waals surface area contributed by atoms with Crippen LogP contribution in [-0.4, -0.2) is 35.7 Å². The highest BCUT2D eigenvalue weighted by Gasteiger charge is 2.53. The third kappa shape index (κ3) is 7.06. The Hall–Kier alpha value is -4.63. The first-order valence-corrected chi connectivity index (χ1v) is 14.6. The molecule has 1 heterocycles. The fourth-order valence-corrected chi connectivity index (χ4v) is 5.21. The average Bonchev–Trinajstić information content (AvgIpc) is 3.42. The van der Waals surface area contributed by atoms with Crippen molar-refractivity contribution in [1.82, 2.24) is 5.32 Å². The lowest BCUT2D eigenvalue weighted by atomic mass is 9.81. The van der Waals surface area contributed by atoms with Crippen molar-refractivity contribution in [3.63, 3.8) is 0 Å². The number of azide groups is 1. The van der Waals surface area contributed by atoms with Crippen LogP contribution in [0.4, 0.5) is 5.69 Å². The second-order valence-corrected chi connectivity index (χ2v) is 10.9. The van der Waals surface area contributed by atoms with Gasteiger partial charge in [-0.1, -0.05) is 87.8 Å². The van der Waals surface area contributed by atoms with E-state index in [1.807, 2.05) is 78.9 Å². The van der Waals surface area contributed by atoms with Crippen molar-refractivity contribution in [3.8, 4) is 5.75 Å². The van der Waals surface area contributed by atoms with Crippen molar-refractivity contribution in [1.29, 1.82) is 0 Å². The summed E-state index contributed by atoms with van der Waals surface area (Å²) in [7, 11) is 0. The third-order valence-corrected chi connectivity index (χ3v) is 7.63. The van der Waals surface area contributed by atoms with Gasteiger partial charge in [0.05, 0.1) is 6.61 Å². The molecule has 0 radical (unpaired) electrons. The number of nitrogens with zero attached hydrogens (tertiary/aromatic N) is 4. The van der Waals surface area contributed by atoms with Crippen LogP contribution >= 0.6 is 15.9 Å². The van der Waals surface area contributed by atoms with Crippen molar-refractivity contribution in [2.24, 2.45) is 10.1 Å². The van der Waals surface area contributed by atoms with Gasteiger partial charge < -0.3 is 19.9 Å². The Bertz CT molecular complexity index is 1620. The van der Waals surface area contributed by atoms with Gasteiger partial charge in [0, 0.05) is 46.6 Å². The Morgan fingerprint density at radius 1 is 1.02 bits per heavy atom. The largest absolute Gasteiger partial charge is 0.494 e. The van der Waals surface area contributed by atoms with E-state index < -0.39 is 11.6 Å². The fraction of sp³-hybridized carbons (Fsp3) is 0.212. The number of aliphatic hydroxyl groups excluding tert-OH is 1. The second kappa shape index (κ2) is 14.0. The topological polar surface area (TPSA) is 129 Å². The highest BCUT2D eigenvalue weighted by Crippen LogP contribution is 2.44. The number of nitrogens with one attached hydrogen (secondary N) is 1. The smallest absolute Gasteiger partial charge is 0.252 e. The maximum atomic E-state index is 14.4. The van der Waals surface area contributed by atoms with Crippen molar-refractivity contribution >= 4 is 33.4 Å². The number of amides is 1. The molecule has 4 aromatic rings. The van der Waals surface area contributed by atoms with E-state index in [4.69, 9.17) is 19.6 Å². The second-order valence-electron chi connectivity index (χ2n) is 10.0. The van der Waals surface area contributed by atoms with E-state index in [1.165, 1.54) is 0 Å². The van der Waals surface area contributed by atoms with E-state index >= 15 is 0 Å². The number of carbonyl (C=O) groups excluding carboxylic acids is 1. The van der Waals surface area contributed by atoms with E-state index in [9.17, 15) is 10.3 Å². The van der Waals surface area contributed by atoms with Gasteiger partial charge in [-0.05, 0) is 58.6 Å². The van der Waals surface area contributed by atoms with Crippen LogP contribution in [0.2, 0.25) is 0 Å². The van der Waals surface area contributed by atoms with Crippen LogP contribution in [0.1, 0.15) is 34.8 Å². The number of aliphatic hydroxyl groups is 1. The summed E-state index contributed by atoms with van der Waals surface area (Å²) in [6.45, 7) is 0.753. The quantitative estimate of drug-likeness (QED) is 0.0750. The highest BCUT2D eigenvalue weighted by atomic mass is 79.9. The number of hydrogen-bond donors (Lipinski definition) is 2. The van der Waals surface area contributed by atoms with Gasteiger partial charge in [-0.2, -0.15) is 0 Å². The first-order valence-electron chi connectivity index (χ1n) is 13.8. The first-order chi connectivity index (χ1) is 21.0. The predicted molar refractivity (Wildman–Crippen MR) is 168 cm³/mol. The molecule has 10 heteroatoms. The maximum absolute atomic E-state index is 14.4. The number of rotatable bonds is 12. The molecule has 0 fully saturated rings. The summed E-state index contributed by atoms with van der Waals surface area (Å²) in [5, 5.41) is 16.0. The predicted octanol–water partition coefficient (Wildman–Crippen LogP) is 6.97. The van der Waals surface area contributed by atoms with Gasteiger partial charge in [0.1, 0.15) is 5.75 Å². The van der Waals surface area contributed by atoms with Gasteiger partial charge in [0.2, 0.25) is 5.90 Å². The minimum Gasteiger partial charge on any atom is -0.494 e. The van der Waals surface area contributed by atoms with E-state index in [1.54, 1.807) is 24.3 Å². The van der Waals surface area contributed by atoms with Crippen LogP contribution in [0.3, 0.4) is 0 Å². The normalized spacial score (nSPS) is 17.3. The molecule has 2 N–H and O–H groups in total. The lowest BCUT2D eigenvalue weighted by Gasteiger charge is -2.31. The standard InChI is InChI=1S/C33H30BrN5O4/c34-27-15-11-24(12-16-27)30-33(21-26-9-4-5-10-29(26)38-39-35,32(41)36-22-23-7-2-1-3-8-23)37-31(43-30)25-13-17-28(18-14-25)42-20-6-19-40/h1-5,7-18,30,40H,6,19-22H2,(H,36,41)/t30-,33-/m1/s1. The molecule has 2 atom stereocenters. The zero-order valence-corrected chi connectivity index (χ0v) is 24.9. The zero-order valence-electron chi connectivity index (χ0n) is 23.3. The van der Waals surface area contributed by atoms with Gasteiger partial charge in [0.25, 0.3) is 5.91 Å². The molecule has 0 spiro atoms. The number of halogens is 1. The monoisotopic (exact) mass is 639 g/mol. The van der Waals surface area contributed by atoms with Crippen LogP contribution in [0.25, 0.3) is 10.4 Å². The van der Waals surface area contributed by atoms with Crippen molar-refractivity contribution < 1.29 is 19.4 Å². The van der Waals surface area contributed by atoms with Gasteiger partial charge in [-0.15, -0.1) is 0 Å². The molecule has 218 valence electrons. The molecule has 1 aliphatic rings. The van der Waals surface area contributed by atoms with E-state index in [2.05, 4.69) is 31.3 Å². The maximum Gasteiger partial charge on any atom is 0.252 e. The van der Waals surface area contributed by atoms with Crippen molar-refractivity contribution in [2.45, 2.75) is 31.0 Å². The SMILES string of the molecule is [N-]=[N+]=Nc1ccccc1C[C@@]1(C(=O)NCc2ccccc2)N=C(c2ccc(OCCCO)cc2)O[C@@H]1c1ccc(Br)cc1. The summed E-state index contributed by atoms with van der Waals surface area (Å²) in [5.74, 6) is 0.639. The summed E-state index contributed by atoms with van der Waals surface area (Å²) in [6, 6.07) is 31.7. The van der Waals surface area contributed by atoms with Gasteiger partial charge in [-0.3, -0.25) is 4.79 Å². The van der Waals surface area contributed by atoms with Gasteiger partial charge >= 0.3 is 0 Å². The lowest BCUT2D eigenvalue weighted by molar-refractivity contribution is -0.129. The van der Waals surface area contributed by atoms with Crippen LogP contribution < -0.4 is 10.1 Å². The Morgan fingerprint density at radius 3 is 2.47 bits per heavy atom. The summed E-state index contributed by atoms with van der Waals surface area (Å²) in [5.41, 5.74) is 11.3. The third-order valence-electron chi connectivity index (χ3n) is 7.10. The molecule has 0 aromatic heterocycles. The Kier molecular flexibility index (Phi) is 9.73. The van der Waals surface area contributed by atoms with E-state index in [-0.39, 0.29) is 18.9 Å². The fourth-order valence-electron chi connectivity index (χ4n) is 4.95. The zero-order chi connectivity index (χ0) is 30.1. The Labute approximate surface area is 258 Å². The molecule has 1 amide bonds. The molecular weight excluding hydrogens is 610 g/mol. The average molecular weight is 641 g/mol. The Balaban J connectivity index is 1.59. The summed E-state index contributed by atoms with van der Waals surface area (Å²) in [6.07, 6.45) is -0.134. The van der Waals surface area contributed by atoms with Gasteiger partial charge in [-0.25, -0.2) is 4.99 Å². The molecule has 1 aliphatic heterocycles. The molecule has 4 aromatic carbocycles.